The first-order valence-electron chi connectivity index (χ1n) is 15.1. The van der Waals surface area contributed by atoms with Crippen molar-refractivity contribution in [1.82, 2.24) is 4.98 Å². The summed E-state index contributed by atoms with van der Waals surface area (Å²) in [6.07, 6.45) is 2.05. The lowest BCUT2D eigenvalue weighted by Crippen LogP contribution is -1.92. The zero-order valence-electron chi connectivity index (χ0n) is 24.0. The van der Waals surface area contributed by atoms with Crippen LogP contribution in [-0.4, -0.2) is 4.98 Å². The Morgan fingerprint density at radius 3 is 1.50 bits per heavy atom. The molecule has 1 heterocycles. The molecule has 0 aliphatic carbocycles. The highest BCUT2D eigenvalue weighted by molar-refractivity contribution is 6.22. The number of aromatic nitrogens is 1. The number of benzene rings is 8. The number of hydrogen-bond acceptors (Lipinski definition) is 1. The highest BCUT2D eigenvalue weighted by atomic mass is 14.7. The average molecular weight is 558 g/mol. The molecule has 0 spiro atoms. The summed E-state index contributed by atoms with van der Waals surface area (Å²) in [7, 11) is 0. The molecule has 0 saturated heterocycles. The van der Waals surface area contributed by atoms with Gasteiger partial charge in [-0.15, -0.1) is 0 Å². The van der Waals surface area contributed by atoms with Gasteiger partial charge in [0.15, 0.2) is 0 Å². The third-order valence-electron chi connectivity index (χ3n) is 9.11. The second-order valence-corrected chi connectivity index (χ2v) is 11.5. The highest BCUT2D eigenvalue weighted by Gasteiger charge is 2.17. The third-order valence-corrected chi connectivity index (χ3v) is 9.11. The van der Waals surface area contributed by atoms with Crippen LogP contribution >= 0.6 is 0 Å². The molecule has 0 radical (unpaired) electrons. The largest absolute Gasteiger partial charge is 0.256 e. The summed E-state index contributed by atoms with van der Waals surface area (Å²) < 4.78 is 0. The Hall–Kier alpha value is -5.79. The van der Waals surface area contributed by atoms with E-state index in [-0.39, 0.29) is 0 Å². The summed E-state index contributed by atoms with van der Waals surface area (Å²) in [5.41, 5.74) is 6.99. The van der Waals surface area contributed by atoms with E-state index in [0.29, 0.717) is 0 Å². The van der Waals surface area contributed by atoms with Gasteiger partial charge < -0.3 is 0 Å². The smallest absolute Gasteiger partial charge is 0.0708 e. The van der Waals surface area contributed by atoms with Gasteiger partial charge in [-0.05, 0) is 76.6 Å². The Bertz CT molecular complexity index is 2470. The minimum Gasteiger partial charge on any atom is -0.256 e. The average Bonchev–Trinajstić information content (AvgIpc) is 3.10. The maximum absolute atomic E-state index is 5.10. The summed E-state index contributed by atoms with van der Waals surface area (Å²) >= 11 is 0. The Labute approximate surface area is 255 Å². The van der Waals surface area contributed by atoms with Crippen LogP contribution in [0.2, 0.25) is 0 Å². The molecular weight excluding hydrogens is 530 g/mol. The van der Waals surface area contributed by atoms with Crippen LogP contribution in [0.1, 0.15) is 0 Å². The van der Waals surface area contributed by atoms with Crippen molar-refractivity contribution in [3.63, 3.8) is 0 Å². The van der Waals surface area contributed by atoms with Crippen LogP contribution in [0.3, 0.4) is 0 Å². The molecule has 0 amide bonds. The van der Waals surface area contributed by atoms with Crippen molar-refractivity contribution in [2.75, 3.05) is 0 Å². The van der Waals surface area contributed by atoms with Crippen molar-refractivity contribution in [2.24, 2.45) is 0 Å². The molecule has 9 aromatic rings. The quantitative estimate of drug-likeness (QED) is 0.155. The van der Waals surface area contributed by atoms with Crippen LogP contribution in [0, 0.1) is 0 Å². The molecule has 8 aromatic carbocycles. The van der Waals surface area contributed by atoms with E-state index in [0.717, 1.165) is 16.8 Å². The molecule has 0 aliphatic heterocycles. The maximum Gasteiger partial charge on any atom is 0.0708 e. The van der Waals surface area contributed by atoms with Crippen LogP contribution in [-0.2, 0) is 0 Å². The van der Waals surface area contributed by atoms with Crippen molar-refractivity contribution in [3.8, 4) is 33.5 Å². The molecule has 1 nitrogen and oxygen atoms in total. The molecule has 0 fully saturated rings. The molecule has 1 aromatic heterocycles. The van der Waals surface area contributed by atoms with Gasteiger partial charge in [-0.3, -0.25) is 4.98 Å². The molecule has 0 N–H and O–H groups in total. The predicted octanol–water partition coefficient (Wildman–Crippen LogP) is 11.8. The van der Waals surface area contributed by atoms with E-state index in [1.807, 2.05) is 0 Å². The van der Waals surface area contributed by atoms with E-state index >= 15 is 0 Å². The van der Waals surface area contributed by atoms with E-state index in [1.165, 1.54) is 70.6 Å². The monoisotopic (exact) mass is 557 g/mol. The summed E-state index contributed by atoms with van der Waals surface area (Å²) in [5.74, 6) is 0. The fourth-order valence-electron chi connectivity index (χ4n) is 7.14. The lowest BCUT2D eigenvalue weighted by molar-refractivity contribution is 1.34. The molecule has 0 unspecified atom stereocenters. The Balaban J connectivity index is 1.23. The first kappa shape index (κ1) is 24.8. The number of fused-ring (bicyclic) bond motifs is 7. The van der Waals surface area contributed by atoms with Gasteiger partial charge in [0.05, 0.1) is 5.69 Å². The van der Waals surface area contributed by atoms with E-state index in [1.54, 1.807) is 0 Å². The summed E-state index contributed by atoms with van der Waals surface area (Å²) in [6.45, 7) is 0. The van der Waals surface area contributed by atoms with Crippen molar-refractivity contribution in [1.29, 1.82) is 0 Å². The minimum atomic E-state index is 0.981. The molecule has 0 saturated carbocycles. The minimum absolute atomic E-state index is 0.981. The fourth-order valence-corrected chi connectivity index (χ4v) is 7.14. The molecule has 0 aliphatic rings. The van der Waals surface area contributed by atoms with E-state index in [4.69, 9.17) is 4.98 Å². The molecule has 0 atom stereocenters. The summed E-state index contributed by atoms with van der Waals surface area (Å²) in [4.78, 5) is 5.10. The molecule has 0 bridgehead atoms. The standard InChI is InChI=1S/C43H27N/c1-2-12-29(13-3-1)42-37-15-6-8-17-39(37)43(40-18-9-7-16-38(40)42)30-22-26-41(44-27-30)36-20-10-19-32-34-23-21-28-11-4-5-14-31(28)33(34)24-25-35(32)36/h1-27H. The maximum atomic E-state index is 5.10. The van der Waals surface area contributed by atoms with Gasteiger partial charge >= 0.3 is 0 Å². The number of nitrogens with zero attached hydrogens (tertiary/aromatic N) is 1. The van der Waals surface area contributed by atoms with Crippen molar-refractivity contribution >= 4 is 53.9 Å². The third kappa shape index (κ3) is 3.76. The number of pyridine rings is 1. The van der Waals surface area contributed by atoms with Crippen LogP contribution in [0.4, 0.5) is 0 Å². The Kier molecular flexibility index (Phi) is 5.57. The lowest BCUT2D eigenvalue weighted by Gasteiger charge is -2.17. The Morgan fingerprint density at radius 1 is 0.295 bits per heavy atom. The van der Waals surface area contributed by atoms with Crippen LogP contribution in [0.25, 0.3) is 87.4 Å². The van der Waals surface area contributed by atoms with E-state index in [9.17, 15) is 0 Å². The van der Waals surface area contributed by atoms with Crippen LogP contribution in [0.5, 0.6) is 0 Å². The summed E-state index contributed by atoms with van der Waals surface area (Å²) in [5, 5.41) is 12.6. The second-order valence-electron chi connectivity index (χ2n) is 11.5. The molecule has 9 rings (SSSR count). The van der Waals surface area contributed by atoms with E-state index < -0.39 is 0 Å². The number of rotatable bonds is 3. The van der Waals surface area contributed by atoms with Crippen molar-refractivity contribution < 1.29 is 0 Å². The normalized spacial score (nSPS) is 11.6. The predicted molar refractivity (Wildman–Crippen MR) is 188 cm³/mol. The van der Waals surface area contributed by atoms with Gasteiger partial charge in [0.1, 0.15) is 0 Å². The fraction of sp³-hybridized carbons (Fsp3) is 0. The van der Waals surface area contributed by atoms with Gasteiger partial charge in [-0.25, -0.2) is 0 Å². The van der Waals surface area contributed by atoms with Gasteiger partial charge in [0.25, 0.3) is 0 Å². The van der Waals surface area contributed by atoms with Gasteiger partial charge in [0, 0.05) is 17.3 Å². The van der Waals surface area contributed by atoms with Gasteiger partial charge in [0.2, 0.25) is 0 Å². The molecular formula is C43H27N. The van der Waals surface area contributed by atoms with E-state index in [2.05, 4.69) is 164 Å². The lowest BCUT2D eigenvalue weighted by atomic mass is 9.86. The van der Waals surface area contributed by atoms with Crippen molar-refractivity contribution in [3.05, 3.63) is 164 Å². The number of hydrogen-bond donors (Lipinski definition) is 0. The zero-order valence-corrected chi connectivity index (χ0v) is 24.0. The first-order valence-corrected chi connectivity index (χ1v) is 15.1. The van der Waals surface area contributed by atoms with Crippen LogP contribution in [0.15, 0.2) is 164 Å². The highest BCUT2D eigenvalue weighted by Crippen LogP contribution is 2.44. The second kappa shape index (κ2) is 9.90. The summed E-state index contributed by atoms with van der Waals surface area (Å²) in [6, 6.07) is 56.9. The van der Waals surface area contributed by atoms with Crippen LogP contribution < -0.4 is 0 Å². The molecule has 1 heteroatoms. The first-order chi connectivity index (χ1) is 21.8. The zero-order chi connectivity index (χ0) is 29.0. The van der Waals surface area contributed by atoms with Gasteiger partial charge in [-0.2, -0.15) is 0 Å². The Morgan fingerprint density at radius 2 is 0.818 bits per heavy atom. The van der Waals surface area contributed by atoms with Gasteiger partial charge in [-0.1, -0.05) is 152 Å². The van der Waals surface area contributed by atoms with Crippen molar-refractivity contribution in [2.45, 2.75) is 0 Å². The SMILES string of the molecule is c1ccc(-c2c3ccccc3c(-c3ccc(-c4cccc5c4ccc4c6ccccc6ccc54)nc3)c3ccccc23)cc1. The topological polar surface area (TPSA) is 12.9 Å². The molecule has 44 heavy (non-hydrogen) atoms. The molecule has 204 valence electrons.